The molecule has 0 N–H and O–H groups in total. The smallest absolute Gasteiger partial charge is 0.0810 e. The molecule has 0 saturated carbocycles. The Labute approximate surface area is 75.8 Å². The van der Waals surface area contributed by atoms with Crippen LogP contribution in [0.3, 0.4) is 0 Å². The van der Waals surface area contributed by atoms with Crippen LogP contribution in [0, 0.1) is 0 Å². The maximum atomic E-state index is 5.14. The lowest BCUT2D eigenvalue weighted by Gasteiger charge is -1.96. The summed E-state index contributed by atoms with van der Waals surface area (Å²) >= 11 is 0. The van der Waals surface area contributed by atoms with Gasteiger partial charge in [-0.15, -0.1) is 0 Å². The summed E-state index contributed by atoms with van der Waals surface area (Å²) in [6, 6.07) is 0. The average molecular weight is 168 g/mol. The monoisotopic (exact) mass is 168 g/mol. The van der Waals surface area contributed by atoms with E-state index in [2.05, 4.69) is 19.1 Å². The van der Waals surface area contributed by atoms with Gasteiger partial charge in [0.1, 0.15) is 0 Å². The first kappa shape index (κ1) is 9.79. The van der Waals surface area contributed by atoms with Crippen LogP contribution in [0.1, 0.15) is 45.4 Å². The van der Waals surface area contributed by atoms with Gasteiger partial charge < -0.3 is 4.74 Å². The highest BCUT2D eigenvalue weighted by molar-refractivity contribution is 4.76. The van der Waals surface area contributed by atoms with Gasteiger partial charge >= 0.3 is 0 Å². The van der Waals surface area contributed by atoms with Gasteiger partial charge in [0.15, 0.2) is 0 Å². The van der Waals surface area contributed by atoms with Crippen LogP contribution in [0.5, 0.6) is 0 Å². The highest BCUT2D eigenvalue weighted by Gasteiger charge is 2.20. The van der Waals surface area contributed by atoms with Crippen LogP contribution in [0.15, 0.2) is 12.2 Å². The molecule has 0 aromatic rings. The number of allylic oxidation sites excluding steroid dienone is 2. The molecule has 1 unspecified atom stereocenters. The number of unbranched alkanes of at least 4 members (excludes halogenated alkanes) is 4. The minimum atomic E-state index is 0.639. The highest BCUT2D eigenvalue weighted by Crippen LogP contribution is 2.17. The number of epoxide rings is 1. The number of hydrogen-bond donors (Lipinski definition) is 0. The third-order valence-corrected chi connectivity index (χ3v) is 2.28. The van der Waals surface area contributed by atoms with E-state index in [0.717, 1.165) is 6.61 Å². The van der Waals surface area contributed by atoms with Crippen LogP contribution in [0.2, 0.25) is 0 Å². The Bertz CT molecular complexity index is 125. The zero-order valence-corrected chi connectivity index (χ0v) is 8.09. The molecule has 1 aliphatic heterocycles. The van der Waals surface area contributed by atoms with E-state index in [-0.39, 0.29) is 0 Å². The van der Waals surface area contributed by atoms with Crippen LogP contribution in [0.4, 0.5) is 0 Å². The molecule has 1 aliphatic rings. The van der Waals surface area contributed by atoms with Crippen molar-refractivity contribution in [2.45, 2.75) is 51.6 Å². The zero-order chi connectivity index (χ0) is 8.65. The Morgan fingerprint density at radius 3 is 2.67 bits per heavy atom. The van der Waals surface area contributed by atoms with Crippen LogP contribution in [0.25, 0.3) is 0 Å². The summed E-state index contributed by atoms with van der Waals surface area (Å²) in [6.07, 6.45) is 13.1. The zero-order valence-electron chi connectivity index (χ0n) is 8.09. The molecule has 12 heavy (non-hydrogen) atoms. The molecule has 0 aromatic heterocycles. The largest absolute Gasteiger partial charge is 0.373 e. The van der Waals surface area contributed by atoms with Crippen molar-refractivity contribution in [3.8, 4) is 0 Å². The van der Waals surface area contributed by atoms with Crippen molar-refractivity contribution < 1.29 is 4.74 Å². The van der Waals surface area contributed by atoms with E-state index in [1.54, 1.807) is 0 Å². The van der Waals surface area contributed by atoms with E-state index in [9.17, 15) is 0 Å². The first-order chi connectivity index (χ1) is 5.93. The fourth-order valence-corrected chi connectivity index (χ4v) is 1.39. The van der Waals surface area contributed by atoms with E-state index < -0.39 is 0 Å². The van der Waals surface area contributed by atoms with Crippen LogP contribution < -0.4 is 0 Å². The van der Waals surface area contributed by atoms with Crippen molar-refractivity contribution in [2.24, 2.45) is 0 Å². The molecule has 1 nitrogen and oxygen atoms in total. The maximum Gasteiger partial charge on any atom is 0.0810 e. The highest BCUT2D eigenvalue weighted by atomic mass is 16.6. The van der Waals surface area contributed by atoms with Crippen LogP contribution in [-0.4, -0.2) is 12.7 Å². The molecule has 0 aliphatic carbocycles. The molecule has 70 valence electrons. The number of ether oxygens (including phenoxy) is 1. The summed E-state index contributed by atoms with van der Waals surface area (Å²) in [7, 11) is 0. The molecule has 1 heteroatoms. The van der Waals surface area contributed by atoms with Crippen molar-refractivity contribution >= 4 is 0 Å². The number of rotatable bonds is 7. The standard InChI is InChI=1S/C11H20O/c1-2-3-4-5-6-7-8-9-11-10-12-11/h2-3,11H,4-10H2,1H3. The van der Waals surface area contributed by atoms with E-state index in [4.69, 9.17) is 4.74 Å². The van der Waals surface area contributed by atoms with Gasteiger partial charge in [-0.1, -0.05) is 31.4 Å². The van der Waals surface area contributed by atoms with Gasteiger partial charge in [0.05, 0.1) is 12.7 Å². The molecule has 0 radical (unpaired) electrons. The fraction of sp³-hybridized carbons (Fsp3) is 0.818. The Kier molecular flexibility index (Phi) is 5.09. The second kappa shape index (κ2) is 6.24. The average Bonchev–Trinajstić information content (AvgIpc) is 2.87. The summed E-state index contributed by atoms with van der Waals surface area (Å²) in [6.45, 7) is 3.11. The summed E-state index contributed by atoms with van der Waals surface area (Å²) in [4.78, 5) is 0. The summed E-state index contributed by atoms with van der Waals surface area (Å²) in [5.41, 5.74) is 0. The minimum absolute atomic E-state index is 0.639. The van der Waals surface area contributed by atoms with Crippen molar-refractivity contribution in [1.82, 2.24) is 0 Å². The molecular weight excluding hydrogens is 148 g/mol. The predicted octanol–water partition coefficient (Wildman–Crippen LogP) is 3.30. The van der Waals surface area contributed by atoms with E-state index in [1.807, 2.05) is 0 Å². The third-order valence-electron chi connectivity index (χ3n) is 2.28. The Morgan fingerprint density at radius 1 is 1.25 bits per heavy atom. The summed E-state index contributed by atoms with van der Waals surface area (Å²) in [5, 5.41) is 0. The lowest BCUT2D eigenvalue weighted by Crippen LogP contribution is -1.85. The molecule has 0 aromatic carbocycles. The summed E-state index contributed by atoms with van der Waals surface area (Å²) < 4.78 is 5.14. The lowest BCUT2D eigenvalue weighted by atomic mass is 10.1. The fourth-order valence-electron chi connectivity index (χ4n) is 1.39. The molecular formula is C11H20O. The van der Waals surface area contributed by atoms with Crippen molar-refractivity contribution in [3.63, 3.8) is 0 Å². The Hall–Kier alpha value is -0.300. The SMILES string of the molecule is CC=CCCCCCCC1CO1. The van der Waals surface area contributed by atoms with Crippen molar-refractivity contribution in [1.29, 1.82) is 0 Å². The maximum absolute atomic E-state index is 5.14. The summed E-state index contributed by atoms with van der Waals surface area (Å²) in [5.74, 6) is 0. The molecule has 1 rings (SSSR count). The second-order valence-corrected chi connectivity index (χ2v) is 3.52. The molecule has 1 atom stereocenters. The molecule has 1 heterocycles. The first-order valence-corrected chi connectivity index (χ1v) is 5.16. The molecule has 0 bridgehead atoms. The van der Waals surface area contributed by atoms with E-state index in [1.165, 1.54) is 38.5 Å². The van der Waals surface area contributed by atoms with Crippen LogP contribution in [-0.2, 0) is 4.74 Å². The van der Waals surface area contributed by atoms with Gasteiger partial charge in [0, 0.05) is 0 Å². The van der Waals surface area contributed by atoms with Gasteiger partial charge in [-0.2, -0.15) is 0 Å². The van der Waals surface area contributed by atoms with Gasteiger partial charge in [0.2, 0.25) is 0 Å². The van der Waals surface area contributed by atoms with Gasteiger partial charge in [-0.25, -0.2) is 0 Å². The lowest BCUT2D eigenvalue weighted by molar-refractivity contribution is 0.388. The third kappa shape index (κ3) is 5.36. The van der Waals surface area contributed by atoms with E-state index >= 15 is 0 Å². The molecule has 1 saturated heterocycles. The van der Waals surface area contributed by atoms with E-state index in [0.29, 0.717) is 6.10 Å². The first-order valence-electron chi connectivity index (χ1n) is 5.16. The molecule has 0 spiro atoms. The Balaban J connectivity index is 1.70. The normalized spacial score (nSPS) is 21.9. The molecule has 0 amide bonds. The predicted molar refractivity (Wildman–Crippen MR) is 52.3 cm³/mol. The van der Waals surface area contributed by atoms with Crippen molar-refractivity contribution in [3.05, 3.63) is 12.2 Å². The number of hydrogen-bond acceptors (Lipinski definition) is 1. The quantitative estimate of drug-likeness (QED) is 0.323. The van der Waals surface area contributed by atoms with Gasteiger partial charge in [0.25, 0.3) is 0 Å². The van der Waals surface area contributed by atoms with Crippen molar-refractivity contribution in [2.75, 3.05) is 6.61 Å². The topological polar surface area (TPSA) is 12.5 Å². The second-order valence-electron chi connectivity index (χ2n) is 3.52. The Morgan fingerprint density at radius 2 is 2.00 bits per heavy atom. The van der Waals surface area contributed by atoms with Crippen LogP contribution >= 0.6 is 0 Å². The molecule has 1 fully saturated rings. The van der Waals surface area contributed by atoms with Gasteiger partial charge in [-0.05, 0) is 26.2 Å². The minimum Gasteiger partial charge on any atom is -0.373 e. The van der Waals surface area contributed by atoms with Gasteiger partial charge in [-0.3, -0.25) is 0 Å².